The number of nitrogens with one attached hydrogen (secondary N) is 1. The normalized spacial score (nSPS) is 13.3. The summed E-state index contributed by atoms with van der Waals surface area (Å²) in [6, 6.07) is 5.57. The van der Waals surface area contributed by atoms with Crippen molar-refractivity contribution in [2.75, 3.05) is 18.7 Å². The first-order valence-electron chi connectivity index (χ1n) is 9.80. The van der Waals surface area contributed by atoms with Gasteiger partial charge in [0.05, 0.1) is 19.5 Å². The van der Waals surface area contributed by atoms with Gasteiger partial charge in [0, 0.05) is 6.54 Å². The number of anilines is 1. The van der Waals surface area contributed by atoms with Crippen molar-refractivity contribution in [3.8, 4) is 0 Å². The van der Waals surface area contributed by atoms with E-state index >= 15 is 0 Å². The highest BCUT2D eigenvalue weighted by molar-refractivity contribution is 7.53. The van der Waals surface area contributed by atoms with E-state index in [2.05, 4.69) is 19.4 Å². The van der Waals surface area contributed by atoms with E-state index < -0.39 is 31.1 Å². The Kier molecular flexibility index (Phi) is 7.03. The lowest BCUT2D eigenvalue weighted by molar-refractivity contribution is 0.114. The summed E-state index contributed by atoms with van der Waals surface area (Å²) in [5, 5.41) is 0. The molecule has 13 nitrogen and oxygen atoms in total. The fraction of sp³-hybridized carbons (Fsp3) is 0.263. The van der Waals surface area contributed by atoms with Crippen molar-refractivity contribution in [2.24, 2.45) is 0 Å². The van der Waals surface area contributed by atoms with Gasteiger partial charge in [-0.1, -0.05) is 12.1 Å². The molecule has 3 N–H and O–H groups in total. The number of aromatic amines is 1. The predicted molar refractivity (Wildman–Crippen MR) is 114 cm³/mol. The van der Waals surface area contributed by atoms with Crippen molar-refractivity contribution in [3.05, 3.63) is 75.0 Å². The van der Waals surface area contributed by atoms with Gasteiger partial charge in [-0.05, 0) is 17.7 Å². The third-order valence-corrected chi connectivity index (χ3v) is 5.98. The Balaban J connectivity index is 1.39. The topological polar surface area (TPSA) is 178 Å². The van der Waals surface area contributed by atoms with Crippen LogP contribution in [0.4, 0.5) is 10.3 Å². The van der Waals surface area contributed by atoms with Gasteiger partial charge in [-0.2, -0.15) is 4.98 Å². The summed E-state index contributed by atoms with van der Waals surface area (Å²) in [6.45, 7) is -0.371. The van der Waals surface area contributed by atoms with Crippen molar-refractivity contribution in [3.63, 3.8) is 0 Å². The van der Waals surface area contributed by atoms with Crippen LogP contribution < -0.4 is 17.1 Å². The van der Waals surface area contributed by atoms with Gasteiger partial charge in [0.25, 0.3) is 5.56 Å². The minimum atomic E-state index is -3.89. The Morgan fingerprint density at radius 3 is 2.82 bits per heavy atom. The lowest BCUT2D eigenvalue weighted by Gasteiger charge is -2.18. The predicted octanol–water partition coefficient (Wildman–Crippen LogP) is 1.99. The summed E-state index contributed by atoms with van der Waals surface area (Å²) < 4.78 is 53.7. The Labute approximate surface area is 189 Å². The van der Waals surface area contributed by atoms with Crippen LogP contribution in [0.5, 0.6) is 0 Å². The Morgan fingerprint density at radius 1 is 1.24 bits per heavy atom. The molecule has 1 unspecified atom stereocenters. The van der Waals surface area contributed by atoms with Crippen molar-refractivity contribution >= 4 is 24.7 Å². The highest BCUT2D eigenvalue weighted by atomic mass is 31.2. The van der Waals surface area contributed by atoms with Gasteiger partial charge >= 0.3 is 13.4 Å². The van der Waals surface area contributed by atoms with E-state index in [4.69, 9.17) is 23.9 Å². The third kappa shape index (κ3) is 5.85. The number of hydrogen-bond donors (Lipinski definition) is 2. The summed E-state index contributed by atoms with van der Waals surface area (Å²) in [5.41, 5.74) is 5.90. The second-order valence-corrected chi connectivity index (χ2v) is 8.94. The van der Waals surface area contributed by atoms with E-state index in [1.807, 2.05) is 0 Å². The van der Waals surface area contributed by atoms with E-state index in [1.165, 1.54) is 24.5 Å². The molecule has 1 atom stereocenters. The highest BCUT2D eigenvalue weighted by Gasteiger charge is 2.27. The molecule has 0 saturated heterocycles. The van der Waals surface area contributed by atoms with E-state index in [0.29, 0.717) is 5.56 Å². The molecule has 0 aliphatic heterocycles. The molecule has 3 aromatic heterocycles. The van der Waals surface area contributed by atoms with E-state index in [1.54, 1.807) is 10.6 Å². The number of halogens is 1. The molecule has 3 heterocycles. The van der Waals surface area contributed by atoms with Crippen molar-refractivity contribution in [2.45, 2.75) is 19.8 Å². The van der Waals surface area contributed by atoms with E-state index in [0.717, 1.165) is 6.26 Å². The van der Waals surface area contributed by atoms with Crippen molar-refractivity contribution in [1.29, 1.82) is 0 Å². The molecule has 4 rings (SSSR count). The minimum Gasteiger partial charge on any atom is -0.399 e. The molecule has 15 heteroatoms. The van der Waals surface area contributed by atoms with Gasteiger partial charge in [-0.25, -0.2) is 14.2 Å². The summed E-state index contributed by atoms with van der Waals surface area (Å²) >= 11 is 0. The van der Waals surface area contributed by atoms with Gasteiger partial charge in [0.15, 0.2) is 16.9 Å². The number of fused-ring (bicyclic) bond motifs is 1. The number of nitrogen functional groups attached to an aromatic ring is 1. The fourth-order valence-electron chi connectivity index (χ4n) is 2.88. The second kappa shape index (κ2) is 10.1. The maximum atomic E-state index is 13.4. The van der Waals surface area contributed by atoms with Crippen LogP contribution in [-0.4, -0.2) is 32.5 Å². The van der Waals surface area contributed by atoms with Gasteiger partial charge in [-0.15, -0.1) is 0 Å². The second-order valence-electron chi connectivity index (χ2n) is 6.94. The smallest absolute Gasteiger partial charge is 0.399 e. The molecule has 0 aliphatic rings. The first-order valence-corrected chi connectivity index (χ1v) is 11.5. The lowest BCUT2D eigenvalue weighted by atomic mass is 10.2. The molecule has 180 valence electrons. The van der Waals surface area contributed by atoms with Crippen LogP contribution >= 0.6 is 7.60 Å². The van der Waals surface area contributed by atoms with Crippen LogP contribution in [0.25, 0.3) is 11.2 Å². The lowest BCUT2D eigenvalue weighted by Crippen LogP contribution is -2.13. The van der Waals surface area contributed by atoms with Crippen LogP contribution in [0.3, 0.4) is 0 Å². The molecule has 0 spiro atoms. The molecule has 0 saturated carbocycles. The number of hydrogen-bond acceptors (Lipinski definition) is 11. The van der Waals surface area contributed by atoms with E-state index in [9.17, 15) is 18.5 Å². The number of rotatable bonds is 11. The number of ether oxygens (including phenoxy) is 1. The largest absolute Gasteiger partial charge is 0.518 e. The number of nitrogens with zero attached hydrogens (tertiary/aromatic N) is 3. The Morgan fingerprint density at radius 2 is 2.06 bits per heavy atom. The first-order chi connectivity index (χ1) is 16.3. The first kappa shape index (κ1) is 23.6. The van der Waals surface area contributed by atoms with Crippen LogP contribution in [-0.2, 0) is 38.1 Å². The monoisotopic (exact) mass is 495 g/mol. The zero-order chi connectivity index (χ0) is 24.1. The maximum Gasteiger partial charge on any atom is 0.518 e. The maximum absolute atomic E-state index is 13.4. The molecule has 1 aromatic carbocycles. The zero-order valence-corrected chi connectivity index (χ0v) is 18.4. The number of H-pyrrole nitrogens is 1. The fourth-order valence-corrected chi connectivity index (χ4v) is 4.13. The average Bonchev–Trinajstić information content (AvgIpc) is 3.40. The van der Waals surface area contributed by atoms with Gasteiger partial charge in [-0.3, -0.25) is 18.9 Å². The molecule has 0 fully saturated rings. The quantitative estimate of drug-likeness (QED) is 0.230. The average molecular weight is 495 g/mol. The highest BCUT2D eigenvalue weighted by Crippen LogP contribution is 2.49. The Hall–Kier alpha value is -3.58. The standard InChI is InChI=1S/C19H19FN5O8P/c20-13-3-1-2-12(6-13)7-31-34(28,32-9-14-8-30-19(27)33-14)11-29-5-4-25-10-22-15-16(25)23-18(21)24-17(15)26/h1-3,6,8,10H,4-5,7,9,11H2,(H3,21,23,24,26). The number of imidazole rings is 1. The van der Waals surface area contributed by atoms with Gasteiger partial charge in [0.2, 0.25) is 5.95 Å². The van der Waals surface area contributed by atoms with E-state index in [-0.39, 0.29) is 49.2 Å². The SMILES string of the molecule is Nc1nc2c(ncn2CCOCP(=O)(OCc2cccc(F)c2)OCc2coc(=O)o2)c(=O)[nH]1. The third-order valence-electron chi connectivity index (χ3n) is 4.44. The number of benzene rings is 1. The van der Waals surface area contributed by atoms with Crippen LogP contribution in [0.2, 0.25) is 0 Å². The molecular weight excluding hydrogens is 476 g/mol. The summed E-state index contributed by atoms with van der Waals surface area (Å²) in [7, 11) is -3.89. The van der Waals surface area contributed by atoms with Gasteiger partial charge < -0.3 is 28.4 Å². The number of aromatic nitrogens is 4. The minimum absolute atomic E-state index is 0.00153. The molecule has 0 amide bonds. The number of nitrogens with two attached hydrogens (primary N) is 1. The van der Waals surface area contributed by atoms with Crippen LogP contribution in [0, 0.1) is 5.82 Å². The Bertz CT molecular complexity index is 1440. The van der Waals surface area contributed by atoms with Crippen molar-refractivity contribution < 1.29 is 31.6 Å². The molecule has 0 aliphatic carbocycles. The molecule has 34 heavy (non-hydrogen) atoms. The molecule has 4 aromatic rings. The van der Waals surface area contributed by atoms with Crippen LogP contribution in [0.1, 0.15) is 11.3 Å². The molecule has 0 radical (unpaired) electrons. The zero-order valence-electron chi connectivity index (χ0n) is 17.5. The van der Waals surface area contributed by atoms with Crippen LogP contribution in [0.15, 0.2) is 55.3 Å². The molecular formula is C19H19FN5O8P. The summed E-state index contributed by atoms with van der Waals surface area (Å²) in [4.78, 5) is 33.3. The molecule has 0 bridgehead atoms. The van der Waals surface area contributed by atoms with Crippen molar-refractivity contribution in [1.82, 2.24) is 19.5 Å². The summed E-state index contributed by atoms with van der Waals surface area (Å²) in [5.74, 6) is -1.48. The summed E-state index contributed by atoms with van der Waals surface area (Å²) in [6.07, 6.45) is 1.95. The van der Waals surface area contributed by atoms with Gasteiger partial charge in [0.1, 0.15) is 25.0 Å².